The van der Waals surface area contributed by atoms with Crippen molar-refractivity contribution in [3.8, 4) is 11.8 Å². The summed E-state index contributed by atoms with van der Waals surface area (Å²) in [5, 5.41) is 8.56. The largest absolute Gasteiger partial charge is 0.488 e. The number of rotatable bonds is 2. The van der Waals surface area contributed by atoms with E-state index in [1.165, 1.54) is 18.2 Å². The lowest BCUT2D eigenvalue weighted by Crippen LogP contribution is -2.07. The molecule has 0 saturated heterocycles. The van der Waals surface area contributed by atoms with Crippen molar-refractivity contribution in [3.05, 3.63) is 29.6 Å². The van der Waals surface area contributed by atoms with Gasteiger partial charge in [0.25, 0.3) is 0 Å². The molecular weight excluding hydrogens is 169 g/mol. The Morgan fingerprint density at radius 1 is 1.46 bits per heavy atom. The summed E-state index contributed by atoms with van der Waals surface area (Å²) >= 11 is 0. The molecule has 3 heteroatoms. The fraction of sp³-hybridized carbons (Fsp3) is 0.300. The van der Waals surface area contributed by atoms with E-state index < -0.39 is 5.82 Å². The van der Waals surface area contributed by atoms with Crippen molar-refractivity contribution < 1.29 is 9.13 Å². The SMILES string of the molecule is CC(C)Oc1cc(C#N)ccc1F. The van der Waals surface area contributed by atoms with Gasteiger partial charge in [0.1, 0.15) is 0 Å². The lowest BCUT2D eigenvalue weighted by Gasteiger charge is -2.10. The third kappa shape index (κ3) is 2.45. The Kier molecular flexibility index (Phi) is 2.86. The van der Waals surface area contributed by atoms with Gasteiger partial charge in [-0.15, -0.1) is 0 Å². The zero-order chi connectivity index (χ0) is 9.84. The third-order valence-electron chi connectivity index (χ3n) is 1.42. The molecule has 13 heavy (non-hydrogen) atoms. The Labute approximate surface area is 76.6 Å². The van der Waals surface area contributed by atoms with E-state index in [9.17, 15) is 4.39 Å². The molecule has 0 fully saturated rings. The van der Waals surface area contributed by atoms with Gasteiger partial charge in [0, 0.05) is 6.07 Å². The first-order valence-corrected chi connectivity index (χ1v) is 4.00. The summed E-state index contributed by atoms with van der Waals surface area (Å²) in [5.41, 5.74) is 0.400. The molecule has 0 N–H and O–H groups in total. The molecule has 0 heterocycles. The molecule has 0 unspecified atom stereocenters. The van der Waals surface area contributed by atoms with Crippen molar-refractivity contribution in [3.63, 3.8) is 0 Å². The molecule has 0 aromatic heterocycles. The van der Waals surface area contributed by atoms with Crippen LogP contribution in [-0.4, -0.2) is 6.10 Å². The zero-order valence-corrected chi connectivity index (χ0v) is 7.54. The lowest BCUT2D eigenvalue weighted by molar-refractivity contribution is 0.231. The number of ether oxygens (including phenoxy) is 1. The first-order chi connectivity index (χ1) is 6.13. The second-order valence-corrected chi connectivity index (χ2v) is 2.92. The predicted molar refractivity (Wildman–Crippen MR) is 46.9 cm³/mol. The van der Waals surface area contributed by atoms with Gasteiger partial charge < -0.3 is 4.74 Å². The van der Waals surface area contributed by atoms with Gasteiger partial charge in [-0.1, -0.05) is 0 Å². The van der Waals surface area contributed by atoms with Gasteiger partial charge in [-0.05, 0) is 26.0 Å². The van der Waals surface area contributed by atoms with Crippen LogP contribution >= 0.6 is 0 Å². The monoisotopic (exact) mass is 179 g/mol. The van der Waals surface area contributed by atoms with E-state index >= 15 is 0 Å². The van der Waals surface area contributed by atoms with Gasteiger partial charge in [-0.25, -0.2) is 4.39 Å². The summed E-state index contributed by atoms with van der Waals surface area (Å²) in [5.74, 6) is -0.304. The highest BCUT2D eigenvalue weighted by molar-refractivity contribution is 5.37. The Morgan fingerprint density at radius 3 is 2.69 bits per heavy atom. The number of hydrogen-bond donors (Lipinski definition) is 0. The quantitative estimate of drug-likeness (QED) is 0.698. The standard InChI is InChI=1S/C10H10FNO/c1-7(2)13-10-5-8(6-12)3-4-9(10)11/h3-5,7H,1-2H3. The van der Waals surface area contributed by atoms with Crippen LogP contribution in [0.3, 0.4) is 0 Å². The maximum Gasteiger partial charge on any atom is 0.165 e. The highest BCUT2D eigenvalue weighted by atomic mass is 19.1. The van der Waals surface area contributed by atoms with Gasteiger partial charge in [-0.3, -0.25) is 0 Å². The number of nitrogens with zero attached hydrogens (tertiary/aromatic N) is 1. The van der Waals surface area contributed by atoms with Crippen molar-refractivity contribution in [1.29, 1.82) is 5.26 Å². The normalized spacial score (nSPS) is 9.77. The summed E-state index contributed by atoms with van der Waals surface area (Å²) < 4.78 is 18.2. The number of nitriles is 1. The molecule has 0 radical (unpaired) electrons. The highest BCUT2D eigenvalue weighted by Crippen LogP contribution is 2.19. The molecule has 0 saturated carbocycles. The minimum Gasteiger partial charge on any atom is -0.488 e. The van der Waals surface area contributed by atoms with Crippen molar-refractivity contribution in [1.82, 2.24) is 0 Å². The summed E-state index contributed by atoms with van der Waals surface area (Å²) in [6.07, 6.45) is -0.0940. The molecule has 2 nitrogen and oxygen atoms in total. The van der Waals surface area contributed by atoms with Crippen LogP contribution in [0.4, 0.5) is 4.39 Å². The molecule has 0 bridgehead atoms. The van der Waals surface area contributed by atoms with Crippen LogP contribution in [0.2, 0.25) is 0 Å². The number of hydrogen-bond acceptors (Lipinski definition) is 2. The van der Waals surface area contributed by atoms with Crippen molar-refractivity contribution >= 4 is 0 Å². The first kappa shape index (κ1) is 9.53. The first-order valence-electron chi connectivity index (χ1n) is 4.00. The molecule has 0 spiro atoms. The van der Waals surface area contributed by atoms with Crippen LogP contribution in [0.1, 0.15) is 19.4 Å². The van der Waals surface area contributed by atoms with E-state index in [1.54, 1.807) is 13.8 Å². The van der Waals surface area contributed by atoms with E-state index in [0.717, 1.165) is 0 Å². The van der Waals surface area contributed by atoms with Crippen LogP contribution in [0.15, 0.2) is 18.2 Å². The maximum atomic E-state index is 13.0. The minimum atomic E-state index is -0.437. The summed E-state index contributed by atoms with van der Waals surface area (Å²) in [4.78, 5) is 0. The zero-order valence-electron chi connectivity index (χ0n) is 7.54. The Hall–Kier alpha value is -1.56. The molecular formula is C10H10FNO. The summed E-state index contributed by atoms with van der Waals surface area (Å²) in [6.45, 7) is 3.61. The van der Waals surface area contributed by atoms with Gasteiger partial charge in [0.05, 0.1) is 17.7 Å². The maximum absolute atomic E-state index is 13.0. The second kappa shape index (κ2) is 3.90. The van der Waals surface area contributed by atoms with Gasteiger partial charge in [0.2, 0.25) is 0 Å². The average Bonchev–Trinajstić information content (AvgIpc) is 2.08. The van der Waals surface area contributed by atoms with Crippen LogP contribution in [-0.2, 0) is 0 Å². The minimum absolute atomic E-state index is 0.0940. The fourth-order valence-electron chi connectivity index (χ4n) is 0.917. The molecule has 0 aliphatic carbocycles. The average molecular weight is 179 g/mol. The molecule has 0 atom stereocenters. The summed E-state index contributed by atoms with van der Waals surface area (Å²) in [6, 6.07) is 5.97. The smallest absolute Gasteiger partial charge is 0.165 e. The molecule has 0 aliphatic rings. The van der Waals surface area contributed by atoms with Gasteiger partial charge in [0.15, 0.2) is 11.6 Å². The number of halogens is 1. The Bertz CT molecular complexity index is 341. The fourth-order valence-corrected chi connectivity index (χ4v) is 0.917. The second-order valence-electron chi connectivity index (χ2n) is 2.92. The molecule has 68 valence electrons. The van der Waals surface area contributed by atoms with E-state index in [-0.39, 0.29) is 11.9 Å². The highest BCUT2D eigenvalue weighted by Gasteiger charge is 2.05. The van der Waals surface area contributed by atoms with Crippen molar-refractivity contribution in [2.75, 3.05) is 0 Å². The van der Waals surface area contributed by atoms with E-state index in [4.69, 9.17) is 10.00 Å². The van der Waals surface area contributed by atoms with Gasteiger partial charge in [-0.2, -0.15) is 5.26 Å². The molecule has 1 aromatic carbocycles. The third-order valence-corrected chi connectivity index (χ3v) is 1.42. The van der Waals surface area contributed by atoms with Crippen LogP contribution < -0.4 is 4.74 Å². The lowest BCUT2D eigenvalue weighted by atomic mass is 10.2. The Morgan fingerprint density at radius 2 is 2.15 bits per heavy atom. The van der Waals surface area contributed by atoms with Crippen molar-refractivity contribution in [2.45, 2.75) is 20.0 Å². The molecule has 1 rings (SSSR count). The predicted octanol–water partition coefficient (Wildman–Crippen LogP) is 2.48. The van der Waals surface area contributed by atoms with E-state index in [0.29, 0.717) is 5.56 Å². The molecule has 0 amide bonds. The summed E-state index contributed by atoms with van der Waals surface area (Å²) in [7, 11) is 0. The number of benzene rings is 1. The van der Waals surface area contributed by atoms with Crippen LogP contribution in [0, 0.1) is 17.1 Å². The van der Waals surface area contributed by atoms with Crippen molar-refractivity contribution in [2.24, 2.45) is 0 Å². The topological polar surface area (TPSA) is 33.0 Å². The van der Waals surface area contributed by atoms with Gasteiger partial charge >= 0.3 is 0 Å². The molecule has 0 aliphatic heterocycles. The van der Waals surface area contributed by atoms with Crippen LogP contribution in [0.5, 0.6) is 5.75 Å². The van der Waals surface area contributed by atoms with E-state index in [2.05, 4.69) is 0 Å². The van der Waals surface area contributed by atoms with E-state index in [1.807, 2.05) is 6.07 Å². The Balaban J connectivity index is 2.99. The van der Waals surface area contributed by atoms with Crippen LogP contribution in [0.25, 0.3) is 0 Å². The molecule has 1 aromatic rings.